The molecule has 23 heavy (non-hydrogen) atoms. The number of hydrogen-bond donors (Lipinski definition) is 1. The summed E-state index contributed by atoms with van der Waals surface area (Å²) in [5, 5.41) is 2.77. The third-order valence-corrected chi connectivity index (χ3v) is 5.53. The Labute approximate surface area is 136 Å². The molecule has 0 radical (unpaired) electrons. The summed E-state index contributed by atoms with van der Waals surface area (Å²) in [5.41, 5.74) is -0.217. The Morgan fingerprint density at radius 2 is 1.91 bits per heavy atom. The summed E-state index contributed by atoms with van der Waals surface area (Å²) >= 11 is 0. The van der Waals surface area contributed by atoms with Crippen molar-refractivity contribution in [1.29, 1.82) is 0 Å². The first-order valence-electron chi connectivity index (χ1n) is 8.43. The fourth-order valence-corrected chi connectivity index (χ4v) is 4.42. The second kappa shape index (κ2) is 6.56. The van der Waals surface area contributed by atoms with Crippen molar-refractivity contribution in [2.75, 3.05) is 26.7 Å². The van der Waals surface area contributed by atoms with Crippen LogP contribution in [0.5, 0.6) is 0 Å². The Hall–Kier alpha value is -1.49. The summed E-state index contributed by atoms with van der Waals surface area (Å²) in [6.07, 6.45) is 6.13. The molecule has 126 valence electrons. The van der Waals surface area contributed by atoms with Crippen LogP contribution in [-0.2, 0) is 0 Å². The van der Waals surface area contributed by atoms with Crippen LogP contribution in [0.15, 0.2) is 18.2 Å². The smallest absolute Gasteiger partial charge is 0.257 e. The molecule has 1 unspecified atom stereocenters. The highest BCUT2D eigenvalue weighted by molar-refractivity contribution is 5.94. The molecule has 1 aliphatic heterocycles. The minimum absolute atomic E-state index is 0.258. The molecule has 5 heteroatoms. The first kappa shape index (κ1) is 16.4. The molecule has 2 aliphatic rings. The number of benzene rings is 1. The number of amides is 1. The average Bonchev–Trinajstić information content (AvgIpc) is 2.81. The Balaban J connectivity index is 1.68. The van der Waals surface area contributed by atoms with Crippen molar-refractivity contribution < 1.29 is 13.6 Å². The third kappa shape index (κ3) is 3.25. The molecule has 3 rings (SSSR count). The molecule has 0 aromatic heterocycles. The van der Waals surface area contributed by atoms with Crippen molar-refractivity contribution in [1.82, 2.24) is 10.2 Å². The molecule has 1 heterocycles. The second-order valence-electron chi connectivity index (χ2n) is 7.12. The van der Waals surface area contributed by atoms with Crippen molar-refractivity contribution in [2.24, 2.45) is 11.3 Å². The van der Waals surface area contributed by atoms with E-state index in [0.717, 1.165) is 25.2 Å². The number of carbonyl (C=O) groups excluding carboxylic acids is 1. The van der Waals surface area contributed by atoms with E-state index < -0.39 is 23.1 Å². The molecule has 3 nitrogen and oxygen atoms in total. The molecular weight excluding hydrogens is 298 g/mol. The van der Waals surface area contributed by atoms with E-state index in [1.807, 2.05) is 0 Å². The molecule has 0 bridgehead atoms. The van der Waals surface area contributed by atoms with Gasteiger partial charge >= 0.3 is 0 Å². The minimum atomic E-state index is -0.807. The van der Waals surface area contributed by atoms with E-state index in [1.165, 1.54) is 38.2 Å². The lowest BCUT2D eigenvalue weighted by Crippen LogP contribution is -2.40. The maximum atomic E-state index is 13.7. The first-order valence-corrected chi connectivity index (χ1v) is 8.43. The fraction of sp³-hybridized carbons (Fsp3) is 0.611. The van der Waals surface area contributed by atoms with E-state index in [9.17, 15) is 13.6 Å². The van der Waals surface area contributed by atoms with Gasteiger partial charge in [0.25, 0.3) is 5.91 Å². The summed E-state index contributed by atoms with van der Waals surface area (Å²) in [4.78, 5) is 14.5. The van der Waals surface area contributed by atoms with Crippen LogP contribution in [0.2, 0.25) is 0 Å². The Morgan fingerprint density at radius 3 is 2.57 bits per heavy atom. The van der Waals surface area contributed by atoms with E-state index >= 15 is 0 Å². The number of nitrogens with zero attached hydrogens (tertiary/aromatic N) is 1. The van der Waals surface area contributed by atoms with Gasteiger partial charge in [0.05, 0.1) is 0 Å². The lowest BCUT2D eigenvalue weighted by Gasteiger charge is -2.38. The van der Waals surface area contributed by atoms with Crippen molar-refractivity contribution in [2.45, 2.75) is 32.1 Å². The van der Waals surface area contributed by atoms with Crippen LogP contribution in [0.25, 0.3) is 0 Å². The molecular formula is C18H24F2N2O. The van der Waals surface area contributed by atoms with Gasteiger partial charge in [-0.25, -0.2) is 8.78 Å². The predicted molar refractivity (Wildman–Crippen MR) is 85.2 cm³/mol. The standard InChI is InChI=1S/C18H24F2N2O/c1-22-11-13(18(12-22)8-3-2-4-9-18)10-21-17(23)16-14(19)6-5-7-15(16)20/h5-7,13H,2-4,8-12H2,1H3,(H,21,23). The van der Waals surface area contributed by atoms with Gasteiger partial charge in [-0.3, -0.25) is 4.79 Å². The largest absolute Gasteiger partial charge is 0.352 e. The van der Waals surface area contributed by atoms with E-state index in [0.29, 0.717) is 12.5 Å². The van der Waals surface area contributed by atoms with E-state index in [-0.39, 0.29) is 5.41 Å². The van der Waals surface area contributed by atoms with E-state index in [4.69, 9.17) is 0 Å². The molecule has 1 aromatic rings. The van der Waals surface area contributed by atoms with Crippen LogP contribution >= 0.6 is 0 Å². The molecule has 1 saturated heterocycles. The van der Waals surface area contributed by atoms with Gasteiger partial charge in [-0.2, -0.15) is 0 Å². The van der Waals surface area contributed by atoms with Gasteiger partial charge in [0, 0.05) is 19.6 Å². The number of hydrogen-bond acceptors (Lipinski definition) is 2. The molecule has 1 spiro atoms. The van der Waals surface area contributed by atoms with E-state index in [2.05, 4.69) is 17.3 Å². The molecule has 1 saturated carbocycles. The topological polar surface area (TPSA) is 32.3 Å². The van der Waals surface area contributed by atoms with Crippen LogP contribution < -0.4 is 5.32 Å². The highest BCUT2D eigenvalue weighted by Crippen LogP contribution is 2.46. The second-order valence-corrected chi connectivity index (χ2v) is 7.12. The number of likely N-dealkylation sites (tertiary alicyclic amines) is 1. The summed E-state index contributed by atoms with van der Waals surface area (Å²) in [7, 11) is 2.11. The summed E-state index contributed by atoms with van der Waals surface area (Å²) in [6, 6.07) is 3.50. The number of nitrogens with one attached hydrogen (secondary N) is 1. The Morgan fingerprint density at radius 1 is 1.26 bits per heavy atom. The van der Waals surface area contributed by atoms with Crippen LogP contribution in [0.4, 0.5) is 8.78 Å². The Kier molecular flexibility index (Phi) is 4.67. The SMILES string of the molecule is CN1CC(CNC(=O)c2c(F)cccc2F)C2(CCCCC2)C1. The van der Waals surface area contributed by atoms with E-state index in [1.54, 1.807) is 0 Å². The highest BCUT2D eigenvalue weighted by atomic mass is 19.1. The van der Waals surface area contributed by atoms with Gasteiger partial charge in [-0.1, -0.05) is 25.3 Å². The lowest BCUT2D eigenvalue weighted by molar-refractivity contribution is 0.0908. The maximum Gasteiger partial charge on any atom is 0.257 e. The monoisotopic (exact) mass is 322 g/mol. The molecule has 1 aromatic carbocycles. The van der Waals surface area contributed by atoms with Crippen molar-refractivity contribution in [3.8, 4) is 0 Å². The van der Waals surface area contributed by atoms with Gasteiger partial charge in [0.15, 0.2) is 0 Å². The van der Waals surface area contributed by atoms with Crippen molar-refractivity contribution >= 4 is 5.91 Å². The van der Waals surface area contributed by atoms with Crippen molar-refractivity contribution in [3.63, 3.8) is 0 Å². The summed E-state index contributed by atoms with van der Waals surface area (Å²) in [5.74, 6) is -1.91. The molecule has 2 fully saturated rings. The number of rotatable bonds is 3. The molecule has 1 amide bonds. The highest BCUT2D eigenvalue weighted by Gasteiger charge is 2.45. The van der Waals surface area contributed by atoms with Gasteiger partial charge in [0.2, 0.25) is 0 Å². The van der Waals surface area contributed by atoms with Crippen LogP contribution in [0, 0.1) is 23.0 Å². The van der Waals surface area contributed by atoms with Gasteiger partial charge < -0.3 is 10.2 Å². The average molecular weight is 322 g/mol. The quantitative estimate of drug-likeness (QED) is 0.927. The van der Waals surface area contributed by atoms with Crippen molar-refractivity contribution in [3.05, 3.63) is 35.4 Å². The van der Waals surface area contributed by atoms with Crippen LogP contribution in [-0.4, -0.2) is 37.5 Å². The fourth-order valence-electron chi connectivity index (χ4n) is 4.42. The minimum Gasteiger partial charge on any atom is -0.352 e. The predicted octanol–water partition coefficient (Wildman–Crippen LogP) is 3.21. The van der Waals surface area contributed by atoms with Gasteiger partial charge in [-0.05, 0) is 43.4 Å². The normalized spacial score (nSPS) is 24.0. The lowest BCUT2D eigenvalue weighted by atomic mass is 9.67. The molecule has 1 atom stereocenters. The summed E-state index contributed by atoms with van der Waals surface area (Å²) in [6.45, 7) is 2.47. The zero-order chi connectivity index (χ0) is 16.4. The first-order chi connectivity index (χ1) is 11.0. The number of carbonyl (C=O) groups is 1. The molecule has 1 aliphatic carbocycles. The molecule has 1 N–H and O–H groups in total. The zero-order valence-electron chi connectivity index (χ0n) is 13.6. The number of halogens is 2. The van der Waals surface area contributed by atoms with Crippen LogP contribution in [0.1, 0.15) is 42.5 Å². The van der Waals surface area contributed by atoms with Gasteiger partial charge in [0.1, 0.15) is 17.2 Å². The van der Waals surface area contributed by atoms with Crippen LogP contribution in [0.3, 0.4) is 0 Å². The Bertz CT molecular complexity index is 564. The summed E-state index contributed by atoms with van der Waals surface area (Å²) < 4.78 is 27.4. The third-order valence-electron chi connectivity index (χ3n) is 5.53. The maximum absolute atomic E-state index is 13.7. The van der Waals surface area contributed by atoms with Gasteiger partial charge in [-0.15, -0.1) is 0 Å². The zero-order valence-corrected chi connectivity index (χ0v) is 13.6.